The van der Waals surface area contributed by atoms with Gasteiger partial charge in [-0.2, -0.15) is 0 Å². The molecule has 0 saturated carbocycles. The normalized spacial score (nSPS) is 19.8. The number of nitrogens with zero attached hydrogens (tertiary/aromatic N) is 2. The molecule has 2 nitrogen and oxygen atoms in total. The number of anilines is 1. The van der Waals surface area contributed by atoms with Gasteiger partial charge in [0.1, 0.15) is 0 Å². The van der Waals surface area contributed by atoms with Crippen molar-refractivity contribution in [2.45, 2.75) is 19.4 Å². The van der Waals surface area contributed by atoms with Crippen LogP contribution in [0.2, 0.25) is 0 Å². The number of hydrogen-bond acceptors (Lipinski definition) is 2. The summed E-state index contributed by atoms with van der Waals surface area (Å²) in [5.41, 5.74) is 1.35. The van der Waals surface area contributed by atoms with Crippen molar-refractivity contribution in [3.63, 3.8) is 0 Å². The van der Waals surface area contributed by atoms with Crippen molar-refractivity contribution < 1.29 is 0 Å². The lowest BCUT2D eigenvalue weighted by atomic mass is 10.2. The van der Waals surface area contributed by atoms with Crippen LogP contribution in [-0.2, 0) is 0 Å². The smallest absolute Gasteiger partial charge is 0.0367 e. The van der Waals surface area contributed by atoms with E-state index < -0.39 is 0 Å². The first-order valence-electron chi connectivity index (χ1n) is 6.14. The van der Waals surface area contributed by atoms with Gasteiger partial charge in [0, 0.05) is 37.9 Å². The van der Waals surface area contributed by atoms with Gasteiger partial charge < -0.3 is 4.90 Å². The van der Waals surface area contributed by atoms with Gasteiger partial charge >= 0.3 is 0 Å². The summed E-state index contributed by atoms with van der Waals surface area (Å²) < 4.78 is 0. The molecule has 1 aliphatic heterocycles. The molecule has 0 aromatic heterocycles. The summed E-state index contributed by atoms with van der Waals surface area (Å²) in [6.07, 6.45) is 1.01. The Balaban J connectivity index is 1.91. The Morgan fingerprint density at radius 3 is 2.31 bits per heavy atom. The highest BCUT2D eigenvalue weighted by molar-refractivity contribution is 5.46. The third kappa shape index (κ3) is 2.56. The van der Waals surface area contributed by atoms with Gasteiger partial charge in [-0.3, -0.25) is 4.90 Å². The SMILES string of the molecule is [CH2]CC(C)N1CCN(c2ccccc2)CC1. The highest BCUT2D eigenvalue weighted by Crippen LogP contribution is 2.16. The van der Waals surface area contributed by atoms with Gasteiger partial charge in [0.05, 0.1) is 0 Å². The van der Waals surface area contributed by atoms with E-state index in [0.29, 0.717) is 6.04 Å². The predicted molar refractivity (Wildman–Crippen MR) is 69.7 cm³/mol. The van der Waals surface area contributed by atoms with Crippen LogP contribution in [0.25, 0.3) is 0 Å². The van der Waals surface area contributed by atoms with E-state index in [4.69, 9.17) is 0 Å². The molecule has 87 valence electrons. The van der Waals surface area contributed by atoms with E-state index in [1.54, 1.807) is 0 Å². The summed E-state index contributed by atoms with van der Waals surface area (Å²) in [7, 11) is 0. The predicted octanol–water partition coefficient (Wildman–Crippen LogP) is 2.42. The van der Waals surface area contributed by atoms with Crippen molar-refractivity contribution in [2.75, 3.05) is 31.1 Å². The largest absolute Gasteiger partial charge is 0.369 e. The Morgan fingerprint density at radius 1 is 1.12 bits per heavy atom. The summed E-state index contributed by atoms with van der Waals surface area (Å²) in [5.74, 6) is 0. The lowest BCUT2D eigenvalue weighted by Crippen LogP contribution is -2.49. The Kier molecular flexibility index (Phi) is 3.83. The first kappa shape index (κ1) is 11.5. The van der Waals surface area contributed by atoms with Crippen LogP contribution in [-0.4, -0.2) is 37.1 Å². The Labute approximate surface area is 98.9 Å². The Bertz CT molecular complexity index is 302. The first-order valence-corrected chi connectivity index (χ1v) is 6.14. The lowest BCUT2D eigenvalue weighted by molar-refractivity contribution is 0.197. The van der Waals surface area contributed by atoms with Crippen LogP contribution < -0.4 is 4.90 Å². The quantitative estimate of drug-likeness (QED) is 0.767. The fourth-order valence-corrected chi connectivity index (χ4v) is 2.24. The molecule has 0 aliphatic carbocycles. The fourth-order valence-electron chi connectivity index (χ4n) is 2.24. The van der Waals surface area contributed by atoms with Gasteiger partial charge in [0.2, 0.25) is 0 Å². The van der Waals surface area contributed by atoms with Crippen LogP contribution in [0.5, 0.6) is 0 Å². The molecule has 2 rings (SSSR count). The standard InChI is InChI=1S/C14H21N2/c1-3-13(2)15-9-11-16(12-10-15)14-7-5-4-6-8-14/h4-8,13H,1,3,9-12H2,2H3. The molecule has 0 N–H and O–H groups in total. The maximum atomic E-state index is 3.98. The fraction of sp³-hybridized carbons (Fsp3) is 0.500. The number of benzene rings is 1. The Hall–Kier alpha value is -1.02. The maximum absolute atomic E-state index is 3.98. The second kappa shape index (κ2) is 5.35. The van der Waals surface area contributed by atoms with Gasteiger partial charge in [-0.15, -0.1) is 0 Å². The van der Waals surface area contributed by atoms with Crippen molar-refractivity contribution in [3.8, 4) is 0 Å². The molecule has 0 bridgehead atoms. The number of hydrogen-bond donors (Lipinski definition) is 0. The van der Waals surface area contributed by atoms with Gasteiger partial charge in [-0.1, -0.05) is 25.1 Å². The third-order valence-corrected chi connectivity index (χ3v) is 3.48. The molecule has 1 atom stereocenters. The van der Waals surface area contributed by atoms with Gasteiger partial charge in [-0.25, -0.2) is 0 Å². The average Bonchev–Trinajstić information content (AvgIpc) is 2.39. The van der Waals surface area contributed by atoms with Crippen molar-refractivity contribution in [1.82, 2.24) is 4.90 Å². The zero-order valence-corrected chi connectivity index (χ0v) is 10.1. The van der Waals surface area contributed by atoms with E-state index in [1.807, 2.05) is 0 Å². The van der Waals surface area contributed by atoms with Crippen molar-refractivity contribution >= 4 is 5.69 Å². The maximum Gasteiger partial charge on any atom is 0.0367 e. The second-order valence-electron chi connectivity index (χ2n) is 4.50. The van der Waals surface area contributed by atoms with Crippen molar-refractivity contribution in [2.24, 2.45) is 0 Å². The van der Waals surface area contributed by atoms with Crippen LogP contribution >= 0.6 is 0 Å². The monoisotopic (exact) mass is 217 g/mol. The topological polar surface area (TPSA) is 6.48 Å². The molecule has 1 heterocycles. The highest BCUT2D eigenvalue weighted by Gasteiger charge is 2.19. The minimum Gasteiger partial charge on any atom is -0.369 e. The molecule has 2 heteroatoms. The van der Waals surface area contributed by atoms with E-state index in [9.17, 15) is 0 Å². The highest BCUT2D eigenvalue weighted by atomic mass is 15.3. The van der Waals surface area contributed by atoms with Crippen LogP contribution in [0, 0.1) is 6.92 Å². The average molecular weight is 217 g/mol. The molecule has 1 aromatic carbocycles. The molecular weight excluding hydrogens is 196 g/mol. The van der Waals surface area contributed by atoms with Gasteiger partial charge in [-0.05, 0) is 25.5 Å². The molecule has 0 spiro atoms. The van der Waals surface area contributed by atoms with E-state index in [0.717, 1.165) is 32.6 Å². The molecule has 0 amide bonds. The molecule has 1 aromatic rings. The summed E-state index contributed by atoms with van der Waals surface area (Å²) >= 11 is 0. The molecule has 16 heavy (non-hydrogen) atoms. The molecule has 1 fully saturated rings. The summed E-state index contributed by atoms with van der Waals surface area (Å²) in [5, 5.41) is 0. The lowest BCUT2D eigenvalue weighted by Gasteiger charge is -2.38. The number of piperazine rings is 1. The van der Waals surface area contributed by atoms with E-state index in [2.05, 4.69) is 54.0 Å². The summed E-state index contributed by atoms with van der Waals surface area (Å²) in [6.45, 7) is 10.8. The molecule has 1 saturated heterocycles. The molecule has 1 unspecified atom stereocenters. The van der Waals surface area contributed by atoms with E-state index >= 15 is 0 Å². The van der Waals surface area contributed by atoms with Crippen LogP contribution in [0.15, 0.2) is 30.3 Å². The van der Waals surface area contributed by atoms with Gasteiger partial charge in [0.15, 0.2) is 0 Å². The molecular formula is C14H21N2. The second-order valence-corrected chi connectivity index (χ2v) is 4.50. The minimum atomic E-state index is 0.623. The summed E-state index contributed by atoms with van der Waals surface area (Å²) in [6, 6.07) is 11.3. The summed E-state index contributed by atoms with van der Waals surface area (Å²) in [4.78, 5) is 5.00. The molecule has 1 aliphatic rings. The van der Waals surface area contributed by atoms with Crippen molar-refractivity contribution in [3.05, 3.63) is 37.3 Å². The van der Waals surface area contributed by atoms with E-state index in [1.165, 1.54) is 5.69 Å². The van der Waals surface area contributed by atoms with Crippen LogP contribution in [0.1, 0.15) is 13.3 Å². The number of rotatable bonds is 3. The molecule has 1 radical (unpaired) electrons. The Morgan fingerprint density at radius 2 is 1.75 bits per heavy atom. The zero-order valence-electron chi connectivity index (χ0n) is 10.1. The first-order chi connectivity index (χ1) is 7.81. The zero-order chi connectivity index (χ0) is 11.4. The van der Waals surface area contributed by atoms with Gasteiger partial charge in [0.25, 0.3) is 0 Å². The minimum absolute atomic E-state index is 0.623. The van der Waals surface area contributed by atoms with E-state index in [-0.39, 0.29) is 0 Å². The van der Waals surface area contributed by atoms with Crippen LogP contribution in [0.3, 0.4) is 0 Å². The van der Waals surface area contributed by atoms with Crippen molar-refractivity contribution in [1.29, 1.82) is 0 Å². The number of para-hydroxylation sites is 1. The third-order valence-electron chi connectivity index (χ3n) is 3.48. The van der Waals surface area contributed by atoms with Crippen LogP contribution in [0.4, 0.5) is 5.69 Å².